The minimum atomic E-state index is -0.955. The van der Waals surface area contributed by atoms with Crippen molar-refractivity contribution in [1.82, 2.24) is 0 Å². The van der Waals surface area contributed by atoms with Crippen molar-refractivity contribution in [2.75, 3.05) is 24.6 Å². The molecule has 0 bridgehead atoms. The second-order valence-corrected chi connectivity index (χ2v) is 17.2. The van der Waals surface area contributed by atoms with Crippen LogP contribution in [0.2, 0.25) is 6.82 Å². The maximum Gasteiger partial charge on any atom is 0.0787 e. The lowest BCUT2D eigenvalue weighted by molar-refractivity contribution is 0.814. The highest BCUT2D eigenvalue weighted by atomic mass is 31.2. The monoisotopic (exact) mass is 558 g/mol. The molecule has 0 aliphatic carbocycles. The zero-order valence-electron chi connectivity index (χ0n) is 27.4. The maximum atomic E-state index is 2.39. The van der Waals surface area contributed by atoms with Crippen molar-refractivity contribution in [2.45, 2.75) is 107 Å². The van der Waals surface area contributed by atoms with E-state index >= 15 is 0 Å². The number of hydrogen-bond acceptors (Lipinski definition) is 0. The number of unbranched alkanes of at least 4 members (excludes halogenated alkanes) is 4. The summed E-state index contributed by atoms with van der Waals surface area (Å²) in [5.41, 5.74) is 8.09. The highest BCUT2D eigenvalue weighted by Crippen LogP contribution is 2.61. The van der Waals surface area contributed by atoms with Crippen molar-refractivity contribution >= 4 is 29.8 Å². The van der Waals surface area contributed by atoms with Crippen LogP contribution in [0, 0.1) is 20.8 Å². The summed E-state index contributed by atoms with van der Waals surface area (Å²) >= 11 is 0. The molecule has 3 rings (SSSR count). The molecule has 40 heavy (non-hydrogen) atoms. The second kappa shape index (κ2) is 17.9. The largest absolute Gasteiger partial charge is 0.200 e. The summed E-state index contributed by atoms with van der Waals surface area (Å²) in [5.74, 6) is 0. The molecule has 0 nitrogen and oxygen atoms in total. The van der Waals surface area contributed by atoms with Gasteiger partial charge in [-0.3, -0.25) is 0 Å². The van der Waals surface area contributed by atoms with Gasteiger partial charge in [-0.1, -0.05) is 143 Å². The van der Waals surface area contributed by atoms with Gasteiger partial charge in [-0.05, 0) is 46.5 Å². The molecule has 0 amide bonds. The van der Waals surface area contributed by atoms with Gasteiger partial charge < -0.3 is 0 Å². The molecule has 0 spiro atoms. The first-order chi connectivity index (χ1) is 19.2. The van der Waals surface area contributed by atoms with Crippen LogP contribution in [0.5, 0.6) is 0 Å². The van der Waals surface area contributed by atoms with E-state index in [9.17, 15) is 0 Å². The predicted molar refractivity (Wildman–Crippen MR) is 190 cm³/mol. The first kappa shape index (κ1) is 34.4. The Hall–Kier alpha value is -1.85. The summed E-state index contributed by atoms with van der Waals surface area (Å²) in [6.07, 6.45) is 17.0. The van der Waals surface area contributed by atoms with Crippen LogP contribution >= 0.6 is 7.26 Å². The van der Waals surface area contributed by atoms with Gasteiger partial charge in [-0.25, -0.2) is 16.4 Å². The van der Waals surface area contributed by atoms with E-state index in [2.05, 4.69) is 128 Å². The van der Waals surface area contributed by atoms with Crippen molar-refractivity contribution in [1.29, 1.82) is 0 Å². The number of hydrogen-bond donors (Lipinski definition) is 0. The molecule has 0 aromatic heterocycles. The summed E-state index contributed by atoms with van der Waals surface area (Å²) in [4.78, 5) is 0. The third-order valence-corrected chi connectivity index (χ3v) is 14.2. The molecule has 220 valence electrons. The van der Waals surface area contributed by atoms with Gasteiger partial charge in [0.15, 0.2) is 0 Å². The van der Waals surface area contributed by atoms with Gasteiger partial charge in [0.1, 0.15) is 0 Å². The maximum absolute atomic E-state index is 2.39. The van der Waals surface area contributed by atoms with Crippen LogP contribution < -0.4 is 16.4 Å². The van der Waals surface area contributed by atoms with E-state index in [1.54, 1.807) is 24.6 Å². The molecule has 0 unspecified atom stereocenters. The third kappa shape index (κ3) is 10.2. The fraction of sp³-hybridized carbons (Fsp3) is 0.526. The van der Waals surface area contributed by atoms with Gasteiger partial charge in [0.25, 0.3) is 0 Å². The highest BCUT2D eigenvalue weighted by Gasteiger charge is 2.34. The molecule has 0 aliphatic rings. The summed E-state index contributed by atoms with van der Waals surface area (Å²) in [6, 6.07) is 27.0. The fourth-order valence-corrected chi connectivity index (χ4v) is 11.4. The Morgan fingerprint density at radius 1 is 0.425 bits per heavy atom. The molecule has 0 aliphatic heterocycles. The standard InChI is InChI=1S/C22H24B.C16H36P/c1-17-5-11-20(12-6-17)23(4,21-13-7-18(2)8-14-21)22-15-9-19(3)10-16-22;1-5-9-13-17(14-10-6-2,15-11-7-3)16-12-8-4/h5-16H,1-4H3;5-16H2,1-4H3/q-1;+1. The van der Waals surface area contributed by atoms with Crippen LogP contribution in [0.1, 0.15) is 95.8 Å². The lowest BCUT2D eigenvalue weighted by atomic mass is 9.17. The van der Waals surface area contributed by atoms with E-state index in [1.165, 1.54) is 84.4 Å². The Kier molecular flexibility index (Phi) is 15.3. The molecule has 0 N–H and O–H groups in total. The Balaban J connectivity index is 0.000000296. The Labute approximate surface area is 250 Å². The second-order valence-electron chi connectivity index (χ2n) is 12.7. The average molecular weight is 559 g/mol. The summed E-state index contributed by atoms with van der Waals surface area (Å²) in [5, 5.41) is 0. The lowest BCUT2D eigenvalue weighted by Gasteiger charge is -2.39. The zero-order valence-corrected chi connectivity index (χ0v) is 28.3. The van der Waals surface area contributed by atoms with Crippen molar-refractivity contribution in [3.05, 3.63) is 89.5 Å². The molecule has 0 atom stereocenters. The molecule has 0 saturated heterocycles. The SMILES string of the molecule is CCCC[P+](CCCC)(CCCC)CCCC.Cc1ccc([B-](C)(c2ccc(C)cc2)c2ccc(C)cc2)cc1. The average Bonchev–Trinajstić information content (AvgIpc) is 2.97. The van der Waals surface area contributed by atoms with Crippen LogP contribution in [0.4, 0.5) is 0 Å². The molecule has 3 aromatic rings. The van der Waals surface area contributed by atoms with E-state index in [0.717, 1.165) is 0 Å². The van der Waals surface area contributed by atoms with Crippen LogP contribution in [-0.4, -0.2) is 30.8 Å². The van der Waals surface area contributed by atoms with E-state index in [-0.39, 0.29) is 0 Å². The van der Waals surface area contributed by atoms with Gasteiger partial charge in [-0.15, -0.1) is 0 Å². The smallest absolute Gasteiger partial charge is 0.0787 e. The number of benzene rings is 3. The summed E-state index contributed by atoms with van der Waals surface area (Å²) in [7, 11) is -0.562. The molecule has 2 heteroatoms. The molecule has 0 saturated carbocycles. The fourth-order valence-electron chi connectivity index (χ4n) is 6.08. The molecule has 0 fully saturated rings. The van der Waals surface area contributed by atoms with Crippen molar-refractivity contribution in [3.63, 3.8) is 0 Å². The van der Waals surface area contributed by atoms with Gasteiger partial charge in [0.05, 0.1) is 30.8 Å². The normalized spacial score (nSPS) is 11.7. The first-order valence-electron chi connectivity index (χ1n) is 16.5. The Morgan fingerprint density at radius 2 is 0.650 bits per heavy atom. The predicted octanol–water partition coefficient (Wildman–Crippen LogP) is 9.92. The summed E-state index contributed by atoms with van der Waals surface area (Å²) < 4.78 is 0. The molecule has 0 heterocycles. The minimum Gasteiger partial charge on any atom is -0.200 e. The van der Waals surface area contributed by atoms with Crippen molar-refractivity contribution < 1.29 is 0 Å². The summed E-state index contributed by atoms with van der Waals surface area (Å²) in [6.45, 7) is 18.2. The van der Waals surface area contributed by atoms with Crippen molar-refractivity contribution in [2.24, 2.45) is 0 Å². The Bertz CT molecular complexity index is 918. The third-order valence-electron chi connectivity index (χ3n) is 9.18. The van der Waals surface area contributed by atoms with E-state index < -0.39 is 13.4 Å². The van der Waals surface area contributed by atoms with Crippen molar-refractivity contribution in [3.8, 4) is 0 Å². The number of aryl methyl sites for hydroxylation is 3. The van der Waals surface area contributed by atoms with Gasteiger partial charge >= 0.3 is 0 Å². The van der Waals surface area contributed by atoms with Gasteiger partial charge in [0, 0.05) is 7.26 Å². The first-order valence-corrected chi connectivity index (χ1v) is 19.0. The molecule has 3 aromatic carbocycles. The lowest BCUT2D eigenvalue weighted by Crippen LogP contribution is -2.64. The Morgan fingerprint density at radius 3 is 0.850 bits per heavy atom. The number of rotatable bonds is 15. The van der Waals surface area contributed by atoms with E-state index in [1.807, 2.05) is 0 Å². The molecular formula is C38H60BP. The van der Waals surface area contributed by atoms with Crippen LogP contribution in [-0.2, 0) is 0 Å². The minimum absolute atomic E-state index is 0.562. The van der Waals surface area contributed by atoms with Crippen LogP contribution in [0.25, 0.3) is 0 Å². The topological polar surface area (TPSA) is 0 Å². The van der Waals surface area contributed by atoms with Gasteiger partial charge in [0.2, 0.25) is 0 Å². The van der Waals surface area contributed by atoms with Crippen LogP contribution in [0.3, 0.4) is 0 Å². The van der Waals surface area contributed by atoms with E-state index in [4.69, 9.17) is 0 Å². The molecular weight excluding hydrogens is 498 g/mol. The zero-order chi connectivity index (χ0) is 29.4. The van der Waals surface area contributed by atoms with Crippen LogP contribution in [0.15, 0.2) is 72.8 Å². The molecule has 0 radical (unpaired) electrons. The quantitative estimate of drug-likeness (QED) is 0.129. The highest BCUT2D eigenvalue weighted by molar-refractivity contribution is 7.75. The van der Waals surface area contributed by atoms with Gasteiger partial charge in [-0.2, -0.15) is 6.82 Å². The van der Waals surface area contributed by atoms with E-state index in [0.29, 0.717) is 0 Å².